The molecule has 0 saturated heterocycles. The second kappa shape index (κ2) is 10.9. The summed E-state index contributed by atoms with van der Waals surface area (Å²) in [4.78, 5) is 20.2. The number of amides is 1. The van der Waals surface area contributed by atoms with Crippen LogP contribution in [-0.4, -0.2) is 30.7 Å². The number of nitrogens with zero attached hydrogens (tertiary/aromatic N) is 2. The van der Waals surface area contributed by atoms with Crippen LogP contribution < -0.4 is 19.1 Å². The van der Waals surface area contributed by atoms with Crippen LogP contribution in [-0.2, 0) is 6.54 Å². The average Bonchev–Trinajstić information content (AvgIpc) is 3.48. The first-order valence-electron chi connectivity index (χ1n) is 11.0. The molecule has 0 saturated carbocycles. The number of benzene rings is 2. The third-order valence-electron chi connectivity index (χ3n) is 4.87. The highest BCUT2D eigenvalue weighted by molar-refractivity contribution is 9.10. The molecule has 0 unspecified atom stereocenters. The average molecular weight is 545 g/mol. The number of aromatic nitrogens is 1. The molecule has 0 aliphatic carbocycles. The molecule has 0 fully saturated rings. The molecule has 0 radical (unpaired) electrons. The van der Waals surface area contributed by atoms with Gasteiger partial charge in [-0.2, -0.15) is 0 Å². The number of rotatable bonds is 10. The van der Waals surface area contributed by atoms with Gasteiger partial charge in [0.05, 0.1) is 42.8 Å². The number of carbonyl (C=O) groups excluding carboxylic acids is 1. The van der Waals surface area contributed by atoms with E-state index in [4.69, 9.17) is 23.6 Å². The number of hydrogen-bond donors (Lipinski definition) is 0. The Kier molecular flexibility index (Phi) is 7.74. The van der Waals surface area contributed by atoms with Crippen molar-refractivity contribution >= 4 is 48.5 Å². The van der Waals surface area contributed by atoms with Crippen molar-refractivity contribution in [3.63, 3.8) is 0 Å². The van der Waals surface area contributed by atoms with Gasteiger partial charge in [0, 0.05) is 10.0 Å². The molecule has 2 aromatic carbocycles. The first-order chi connectivity index (χ1) is 16.5. The van der Waals surface area contributed by atoms with Gasteiger partial charge in [-0.1, -0.05) is 27.3 Å². The minimum absolute atomic E-state index is 0.230. The maximum Gasteiger partial charge on any atom is 0.260 e. The van der Waals surface area contributed by atoms with Crippen LogP contribution >= 0.6 is 27.3 Å². The maximum absolute atomic E-state index is 13.9. The van der Waals surface area contributed by atoms with Crippen LogP contribution in [0.3, 0.4) is 0 Å². The number of thiazole rings is 1. The molecule has 0 spiro atoms. The van der Waals surface area contributed by atoms with Gasteiger partial charge < -0.3 is 18.6 Å². The van der Waals surface area contributed by atoms with Gasteiger partial charge in [0.15, 0.2) is 16.6 Å². The summed E-state index contributed by atoms with van der Waals surface area (Å²) in [6, 6.07) is 12.9. The number of hydrogen-bond acceptors (Lipinski definition) is 7. The van der Waals surface area contributed by atoms with Gasteiger partial charge >= 0.3 is 0 Å². The summed E-state index contributed by atoms with van der Waals surface area (Å²) in [5, 5.41) is 0.569. The van der Waals surface area contributed by atoms with Crippen molar-refractivity contribution in [2.45, 2.75) is 27.3 Å². The summed E-state index contributed by atoms with van der Waals surface area (Å²) in [5.41, 5.74) is 1.22. The second-order valence-electron chi connectivity index (χ2n) is 7.18. The molecule has 0 aliphatic rings. The molecule has 4 aromatic rings. The van der Waals surface area contributed by atoms with Crippen LogP contribution in [0.25, 0.3) is 10.2 Å². The van der Waals surface area contributed by atoms with E-state index in [1.54, 1.807) is 29.4 Å². The van der Waals surface area contributed by atoms with Gasteiger partial charge in [0.25, 0.3) is 5.91 Å². The van der Waals surface area contributed by atoms with Gasteiger partial charge in [-0.05, 0) is 63.2 Å². The van der Waals surface area contributed by atoms with Crippen LogP contribution in [0.15, 0.2) is 57.6 Å². The normalized spacial score (nSPS) is 10.9. The van der Waals surface area contributed by atoms with Crippen molar-refractivity contribution in [1.29, 1.82) is 0 Å². The Balaban J connectivity index is 1.80. The molecule has 9 heteroatoms. The molecule has 2 aromatic heterocycles. The molecule has 1 amide bonds. The summed E-state index contributed by atoms with van der Waals surface area (Å²) in [7, 11) is 0. The lowest BCUT2D eigenvalue weighted by Crippen LogP contribution is -2.30. The van der Waals surface area contributed by atoms with E-state index >= 15 is 0 Å². The first-order valence-corrected chi connectivity index (χ1v) is 12.6. The number of carbonyl (C=O) groups is 1. The summed E-state index contributed by atoms with van der Waals surface area (Å²) in [5.74, 6) is 1.81. The van der Waals surface area contributed by atoms with Crippen LogP contribution in [0.5, 0.6) is 17.2 Å². The Labute approximate surface area is 210 Å². The molecule has 2 heterocycles. The van der Waals surface area contributed by atoms with Gasteiger partial charge in [-0.15, -0.1) is 0 Å². The van der Waals surface area contributed by atoms with E-state index in [0.29, 0.717) is 53.5 Å². The Bertz CT molecular complexity index is 1240. The number of anilines is 1. The van der Waals surface area contributed by atoms with Crippen LogP contribution in [0.4, 0.5) is 5.13 Å². The van der Waals surface area contributed by atoms with Crippen LogP contribution in [0.2, 0.25) is 0 Å². The Morgan fingerprint density at radius 1 is 1.03 bits per heavy atom. The van der Waals surface area contributed by atoms with Gasteiger partial charge in [-0.3, -0.25) is 9.69 Å². The third-order valence-corrected chi connectivity index (χ3v) is 6.40. The van der Waals surface area contributed by atoms with Crippen molar-refractivity contribution in [2.75, 3.05) is 24.7 Å². The van der Waals surface area contributed by atoms with Crippen molar-refractivity contribution in [2.24, 2.45) is 0 Å². The van der Waals surface area contributed by atoms with Crippen molar-refractivity contribution in [3.05, 3.63) is 64.5 Å². The Morgan fingerprint density at radius 2 is 1.74 bits per heavy atom. The van der Waals surface area contributed by atoms with E-state index < -0.39 is 0 Å². The van der Waals surface area contributed by atoms with Crippen molar-refractivity contribution in [3.8, 4) is 17.2 Å². The lowest BCUT2D eigenvalue weighted by molar-refractivity contribution is 0.0982. The molecule has 34 heavy (non-hydrogen) atoms. The smallest absolute Gasteiger partial charge is 0.260 e. The highest BCUT2D eigenvalue weighted by Gasteiger charge is 2.26. The van der Waals surface area contributed by atoms with Crippen LogP contribution in [0, 0.1) is 0 Å². The maximum atomic E-state index is 13.9. The monoisotopic (exact) mass is 544 g/mol. The van der Waals surface area contributed by atoms with E-state index in [1.807, 2.05) is 45.0 Å². The Morgan fingerprint density at radius 3 is 2.35 bits per heavy atom. The fraction of sp³-hybridized carbons (Fsp3) is 0.280. The van der Waals surface area contributed by atoms with E-state index in [1.165, 1.54) is 11.3 Å². The SMILES string of the molecule is CCOc1cc(C(=O)N(Cc2ccco2)c2nc3ccc(Br)cc3s2)cc(OCC)c1OCC. The molecule has 178 valence electrons. The zero-order chi connectivity index (χ0) is 24.1. The Hall–Kier alpha value is -3.04. The fourth-order valence-electron chi connectivity index (χ4n) is 3.45. The van der Waals surface area contributed by atoms with Crippen LogP contribution in [0.1, 0.15) is 36.9 Å². The minimum Gasteiger partial charge on any atom is -0.490 e. The summed E-state index contributed by atoms with van der Waals surface area (Å²) in [6.07, 6.45) is 1.59. The zero-order valence-corrected chi connectivity index (χ0v) is 21.6. The van der Waals surface area contributed by atoms with Gasteiger partial charge in [-0.25, -0.2) is 4.98 Å². The number of halogens is 1. The third kappa shape index (κ3) is 5.20. The van der Waals surface area contributed by atoms with Gasteiger partial charge in [0.1, 0.15) is 5.76 Å². The van der Waals surface area contributed by atoms with E-state index in [0.717, 1.165) is 14.7 Å². The number of fused-ring (bicyclic) bond motifs is 1. The molecular formula is C25H25BrN2O5S. The predicted octanol–water partition coefficient (Wildman–Crippen LogP) is 6.69. The molecule has 0 atom stereocenters. The minimum atomic E-state index is -0.250. The quantitative estimate of drug-likeness (QED) is 0.221. The highest BCUT2D eigenvalue weighted by Crippen LogP contribution is 2.40. The standard InChI is InChI=1S/C25H25BrN2O5S/c1-4-30-20-12-16(13-21(31-5-2)23(20)32-6-3)24(29)28(15-18-8-7-11-33-18)25-27-19-10-9-17(26)14-22(19)34-25/h7-14H,4-6,15H2,1-3H3. The topological polar surface area (TPSA) is 74.0 Å². The lowest BCUT2D eigenvalue weighted by Gasteiger charge is -2.21. The van der Waals surface area contributed by atoms with Crippen molar-refractivity contribution in [1.82, 2.24) is 4.98 Å². The summed E-state index contributed by atoms with van der Waals surface area (Å²) >= 11 is 4.94. The molecule has 4 rings (SSSR count). The van der Waals surface area contributed by atoms with E-state index in [-0.39, 0.29) is 12.5 Å². The summed E-state index contributed by atoms with van der Waals surface area (Å²) in [6.45, 7) is 7.17. The molecule has 0 aliphatic heterocycles. The van der Waals surface area contributed by atoms with Gasteiger partial charge in [0.2, 0.25) is 5.75 Å². The number of furan rings is 1. The summed E-state index contributed by atoms with van der Waals surface area (Å²) < 4.78 is 24.9. The molecule has 0 bridgehead atoms. The fourth-order valence-corrected chi connectivity index (χ4v) is 4.97. The second-order valence-corrected chi connectivity index (χ2v) is 9.10. The number of ether oxygens (including phenoxy) is 3. The molecular weight excluding hydrogens is 520 g/mol. The highest BCUT2D eigenvalue weighted by atomic mass is 79.9. The lowest BCUT2D eigenvalue weighted by atomic mass is 10.1. The zero-order valence-electron chi connectivity index (χ0n) is 19.2. The molecule has 7 nitrogen and oxygen atoms in total. The predicted molar refractivity (Wildman–Crippen MR) is 136 cm³/mol. The largest absolute Gasteiger partial charge is 0.490 e. The molecule has 0 N–H and O–H groups in total. The van der Waals surface area contributed by atoms with E-state index in [2.05, 4.69) is 15.9 Å². The van der Waals surface area contributed by atoms with E-state index in [9.17, 15) is 4.79 Å². The van der Waals surface area contributed by atoms with Crippen molar-refractivity contribution < 1.29 is 23.4 Å². The first kappa shape index (κ1) is 24.1.